The maximum atomic E-state index is 13.1. The predicted molar refractivity (Wildman–Crippen MR) is 106 cm³/mol. The fraction of sp³-hybridized carbons (Fsp3) is 0.950. The number of unbranched alkanes of at least 4 members (excludes halogenated alkanes) is 2. The molecule has 0 aromatic heterocycles. The Labute approximate surface area is 156 Å². The highest BCUT2D eigenvalue weighted by Crippen LogP contribution is 2.51. The minimum absolute atomic E-state index is 0.259. The van der Waals surface area contributed by atoms with Crippen molar-refractivity contribution < 1.29 is 18.4 Å². The molecule has 0 heterocycles. The van der Waals surface area contributed by atoms with E-state index in [4.69, 9.17) is 9.05 Å². The lowest BCUT2D eigenvalue weighted by Gasteiger charge is -2.23. The maximum Gasteiger partial charge on any atom is 0.396 e. The standard InChI is InChI=1S/C20H41O4P/c1-6-11-14-18(9-4)16-23-25(22,20(21)13-8-3)24-17-19(10-5)15-12-7-2/h18-19H,6-17H2,1-5H3. The summed E-state index contributed by atoms with van der Waals surface area (Å²) >= 11 is 0. The molecule has 0 N–H and O–H groups in total. The number of hydrogen-bond acceptors (Lipinski definition) is 4. The molecule has 150 valence electrons. The molecule has 0 bridgehead atoms. The third-order valence-corrected chi connectivity index (χ3v) is 6.63. The van der Waals surface area contributed by atoms with Crippen LogP contribution in [0.25, 0.3) is 0 Å². The van der Waals surface area contributed by atoms with Gasteiger partial charge in [0.25, 0.3) is 0 Å². The van der Waals surface area contributed by atoms with Gasteiger partial charge in [-0.3, -0.25) is 9.36 Å². The highest BCUT2D eigenvalue weighted by Gasteiger charge is 2.35. The first-order valence-corrected chi connectivity index (χ1v) is 11.9. The van der Waals surface area contributed by atoms with Gasteiger partial charge in [0.05, 0.1) is 13.2 Å². The summed E-state index contributed by atoms with van der Waals surface area (Å²) in [5.41, 5.74) is -0.356. The molecule has 0 aliphatic carbocycles. The van der Waals surface area contributed by atoms with Crippen LogP contribution in [0.2, 0.25) is 0 Å². The zero-order valence-electron chi connectivity index (χ0n) is 17.2. The molecular formula is C20H41O4P. The summed E-state index contributed by atoms with van der Waals surface area (Å²) in [4.78, 5) is 12.4. The van der Waals surface area contributed by atoms with E-state index in [-0.39, 0.29) is 11.9 Å². The minimum atomic E-state index is -3.66. The molecule has 2 atom stereocenters. The fourth-order valence-corrected chi connectivity index (χ4v) is 4.41. The maximum absolute atomic E-state index is 13.1. The van der Waals surface area contributed by atoms with Crippen LogP contribution in [0.3, 0.4) is 0 Å². The molecule has 0 saturated heterocycles. The smallest absolute Gasteiger partial charge is 0.303 e. The molecule has 2 unspecified atom stereocenters. The molecule has 0 spiro atoms. The molecule has 5 heteroatoms. The summed E-state index contributed by atoms with van der Waals surface area (Å²) < 4.78 is 24.5. The third-order valence-electron chi connectivity index (χ3n) is 4.82. The van der Waals surface area contributed by atoms with E-state index in [1.807, 2.05) is 6.92 Å². The van der Waals surface area contributed by atoms with E-state index in [0.29, 0.717) is 31.5 Å². The van der Waals surface area contributed by atoms with Gasteiger partial charge in [0.1, 0.15) is 0 Å². The van der Waals surface area contributed by atoms with Crippen LogP contribution in [0.4, 0.5) is 0 Å². The summed E-state index contributed by atoms with van der Waals surface area (Å²) in [6.45, 7) is 11.2. The number of carbonyl (C=O) groups is 1. The lowest BCUT2D eigenvalue weighted by molar-refractivity contribution is -0.114. The highest BCUT2D eigenvalue weighted by molar-refractivity contribution is 7.71. The van der Waals surface area contributed by atoms with Gasteiger partial charge in [-0.1, -0.05) is 73.1 Å². The first kappa shape index (κ1) is 24.8. The molecule has 25 heavy (non-hydrogen) atoms. The van der Waals surface area contributed by atoms with Crippen LogP contribution >= 0.6 is 7.60 Å². The van der Waals surface area contributed by atoms with E-state index < -0.39 is 7.60 Å². The highest BCUT2D eigenvalue weighted by atomic mass is 31.2. The second kappa shape index (κ2) is 14.9. The van der Waals surface area contributed by atoms with Crippen molar-refractivity contribution in [1.82, 2.24) is 0 Å². The van der Waals surface area contributed by atoms with E-state index in [1.54, 1.807) is 0 Å². The van der Waals surface area contributed by atoms with Crippen LogP contribution in [0.1, 0.15) is 98.8 Å². The van der Waals surface area contributed by atoms with E-state index >= 15 is 0 Å². The Morgan fingerprint density at radius 2 is 1.24 bits per heavy atom. The molecule has 0 aliphatic heterocycles. The summed E-state index contributed by atoms with van der Waals surface area (Å²) in [6.07, 6.45) is 9.47. The quantitative estimate of drug-likeness (QED) is 0.257. The Bertz CT molecular complexity index is 360. The van der Waals surface area contributed by atoms with Gasteiger partial charge < -0.3 is 9.05 Å². The van der Waals surface area contributed by atoms with Crippen molar-refractivity contribution in [3.8, 4) is 0 Å². The Morgan fingerprint density at radius 3 is 1.56 bits per heavy atom. The van der Waals surface area contributed by atoms with Gasteiger partial charge in [0, 0.05) is 6.42 Å². The first-order valence-electron chi connectivity index (χ1n) is 10.4. The summed E-state index contributed by atoms with van der Waals surface area (Å²) in [7, 11) is -3.66. The Hall–Kier alpha value is -0.180. The fourth-order valence-electron chi connectivity index (χ4n) is 2.74. The lowest BCUT2D eigenvalue weighted by atomic mass is 10.0. The Balaban J connectivity index is 4.81. The summed E-state index contributed by atoms with van der Waals surface area (Å²) in [5, 5.41) is 0. The van der Waals surface area contributed by atoms with Gasteiger partial charge in [0.15, 0.2) is 0 Å². The van der Waals surface area contributed by atoms with Crippen LogP contribution in [-0.2, 0) is 18.4 Å². The molecule has 0 rings (SSSR count). The van der Waals surface area contributed by atoms with Gasteiger partial charge in [-0.2, -0.15) is 0 Å². The zero-order chi connectivity index (χ0) is 19.1. The second-order valence-electron chi connectivity index (χ2n) is 7.07. The average Bonchev–Trinajstić information content (AvgIpc) is 2.62. The molecule has 0 radical (unpaired) electrons. The predicted octanol–water partition coefficient (Wildman–Crippen LogP) is 6.97. The second-order valence-corrected chi connectivity index (χ2v) is 9.08. The van der Waals surface area contributed by atoms with Crippen molar-refractivity contribution in [2.24, 2.45) is 11.8 Å². The lowest BCUT2D eigenvalue weighted by Crippen LogP contribution is -2.16. The largest absolute Gasteiger partial charge is 0.396 e. The van der Waals surface area contributed by atoms with Crippen molar-refractivity contribution in [3.05, 3.63) is 0 Å². The van der Waals surface area contributed by atoms with E-state index in [0.717, 1.165) is 51.4 Å². The summed E-state index contributed by atoms with van der Waals surface area (Å²) in [5.74, 6) is 0.682. The average molecular weight is 377 g/mol. The Morgan fingerprint density at radius 1 is 0.800 bits per heavy atom. The molecule has 0 aliphatic rings. The first-order chi connectivity index (χ1) is 12.0. The SMILES string of the molecule is CCCCC(CC)COP(=O)(OCC(CC)CCCC)C(=O)CCC. The van der Waals surface area contributed by atoms with Crippen molar-refractivity contribution in [2.45, 2.75) is 98.8 Å². The van der Waals surface area contributed by atoms with Gasteiger partial charge in [-0.05, 0) is 31.1 Å². The normalized spacial score (nSPS) is 16.4. The molecule has 4 nitrogen and oxygen atoms in total. The van der Waals surface area contributed by atoms with E-state index in [1.165, 1.54) is 0 Å². The molecule has 0 fully saturated rings. The molecule has 0 aromatic carbocycles. The van der Waals surface area contributed by atoms with Crippen LogP contribution in [0, 0.1) is 11.8 Å². The molecule has 0 amide bonds. The number of rotatable bonds is 17. The number of hydrogen-bond donors (Lipinski definition) is 0. The van der Waals surface area contributed by atoms with Crippen LogP contribution < -0.4 is 0 Å². The molecular weight excluding hydrogens is 335 g/mol. The molecule has 0 aromatic rings. The van der Waals surface area contributed by atoms with Gasteiger partial charge in [0.2, 0.25) is 5.52 Å². The minimum Gasteiger partial charge on any atom is -0.303 e. The van der Waals surface area contributed by atoms with E-state index in [2.05, 4.69) is 27.7 Å². The summed E-state index contributed by atoms with van der Waals surface area (Å²) in [6, 6.07) is 0. The van der Waals surface area contributed by atoms with Gasteiger partial charge in [-0.25, -0.2) is 0 Å². The molecule has 0 saturated carbocycles. The van der Waals surface area contributed by atoms with Crippen molar-refractivity contribution in [3.63, 3.8) is 0 Å². The van der Waals surface area contributed by atoms with Gasteiger partial charge >= 0.3 is 7.60 Å². The van der Waals surface area contributed by atoms with Crippen molar-refractivity contribution >= 4 is 13.1 Å². The number of carbonyl (C=O) groups excluding carboxylic acids is 1. The van der Waals surface area contributed by atoms with Gasteiger partial charge in [-0.15, -0.1) is 0 Å². The van der Waals surface area contributed by atoms with Crippen molar-refractivity contribution in [1.29, 1.82) is 0 Å². The van der Waals surface area contributed by atoms with Crippen LogP contribution in [-0.4, -0.2) is 18.7 Å². The Kier molecular flexibility index (Phi) is 14.8. The van der Waals surface area contributed by atoms with E-state index in [9.17, 15) is 9.36 Å². The van der Waals surface area contributed by atoms with Crippen LogP contribution in [0.5, 0.6) is 0 Å². The van der Waals surface area contributed by atoms with Crippen LogP contribution in [0.15, 0.2) is 0 Å². The van der Waals surface area contributed by atoms with Crippen molar-refractivity contribution in [2.75, 3.05) is 13.2 Å². The zero-order valence-corrected chi connectivity index (χ0v) is 18.1. The monoisotopic (exact) mass is 376 g/mol. The topological polar surface area (TPSA) is 52.6 Å². The third kappa shape index (κ3) is 10.5.